The highest BCUT2D eigenvalue weighted by molar-refractivity contribution is 7.48. The number of carbonyl (C=O) groups is 1. The molecule has 0 saturated carbocycles. The lowest BCUT2D eigenvalue weighted by molar-refractivity contribution is -0.147. The van der Waals surface area contributed by atoms with E-state index >= 15 is 0 Å². The third-order valence-corrected chi connectivity index (χ3v) is 5.43. The van der Waals surface area contributed by atoms with E-state index < -0.39 is 26.1 Å². The van der Waals surface area contributed by atoms with Gasteiger partial charge in [-0.25, -0.2) is 4.57 Å². The van der Waals surface area contributed by atoms with Crippen molar-refractivity contribution in [2.75, 3.05) is 0 Å². The molecule has 29 heavy (non-hydrogen) atoms. The van der Waals surface area contributed by atoms with Crippen molar-refractivity contribution in [3.05, 3.63) is 71.8 Å². The van der Waals surface area contributed by atoms with Gasteiger partial charge in [-0.1, -0.05) is 67.6 Å². The van der Waals surface area contributed by atoms with Crippen molar-refractivity contribution in [1.29, 1.82) is 0 Å². The topological polar surface area (TPSA) is 97.1 Å². The van der Waals surface area contributed by atoms with Crippen LogP contribution >= 0.6 is 7.82 Å². The Kier molecular flexibility index (Phi) is 9.51. The molecule has 0 spiro atoms. The minimum absolute atomic E-state index is 0.0424. The molecule has 2 N–H and O–H groups in total. The molecule has 158 valence electrons. The van der Waals surface area contributed by atoms with Crippen LogP contribution in [0.3, 0.4) is 0 Å². The zero-order valence-electron chi connectivity index (χ0n) is 16.7. The Morgan fingerprint density at radius 2 is 1.45 bits per heavy atom. The van der Waals surface area contributed by atoms with Crippen LogP contribution in [0.4, 0.5) is 0 Å². The molecular weight excluding hydrogens is 393 g/mol. The minimum Gasteiger partial charge on any atom is -0.462 e. The molecule has 0 aromatic heterocycles. The molecule has 2 rings (SSSR count). The number of phosphoric acid groups is 1. The van der Waals surface area contributed by atoms with E-state index in [2.05, 4.69) is 0 Å². The van der Waals surface area contributed by atoms with Crippen molar-refractivity contribution in [1.82, 2.24) is 0 Å². The summed E-state index contributed by atoms with van der Waals surface area (Å²) >= 11 is 0. The van der Waals surface area contributed by atoms with Gasteiger partial charge in [-0.2, -0.15) is 0 Å². The van der Waals surface area contributed by atoms with Gasteiger partial charge in [0.25, 0.3) is 0 Å². The van der Waals surface area contributed by atoms with E-state index in [0.29, 0.717) is 6.42 Å². The van der Waals surface area contributed by atoms with Crippen LogP contribution in [0.5, 0.6) is 0 Å². The fourth-order valence-electron chi connectivity index (χ4n) is 2.55. The van der Waals surface area contributed by atoms with Crippen molar-refractivity contribution >= 4 is 13.8 Å². The monoisotopic (exact) mass is 421 g/mol. The molecule has 1 unspecified atom stereocenters. The Bertz CT molecular complexity index is 739. The number of carbonyl (C=O) groups excluding carboxylic acids is 1. The molecule has 0 heterocycles. The van der Waals surface area contributed by atoms with Crippen molar-refractivity contribution in [2.24, 2.45) is 5.73 Å². The van der Waals surface area contributed by atoms with E-state index in [4.69, 9.17) is 24.0 Å². The maximum Gasteiger partial charge on any atom is 0.476 e. The van der Waals surface area contributed by atoms with Crippen LogP contribution in [0.2, 0.25) is 0 Å². The maximum absolute atomic E-state index is 13.2. The first-order valence-electron chi connectivity index (χ1n) is 9.48. The second-order valence-corrected chi connectivity index (χ2v) is 8.11. The van der Waals surface area contributed by atoms with Crippen LogP contribution in [-0.4, -0.2) is 18.3 Å². The summed E-state index contributed by atoms with van der Waals surface area (Å²) in [6.07, 6.45) is -0.712. The highest BCUT2D eigenvalue weighted by Crippen LogP contribution is 2.52. The lowest BCUT2D eigenvalue weighted by Crippen LogP contribution is -2.30. The van der Waals surface area contributed by atoms with Crippen LogP contribution < -0.4 is 5.73 Å². The smallest absolute Gasteiger partial charge is 0.462 e. The zero-order valence-corrected chi connectivity index (χ0v) is 17.6. The molecule has 0 fully saturated rings. The third-order valence-electron chi connectivity index (χ3n) is 4.01. The number of ether oxygens (including phenoxy) is 1. The van der Waals surface area contributed by atoms with Crippen LogP contribution in [-0.2, 0) is 40.9 Å². The largest absolute Gasteiger partial charge is 0.476 e. The normalized spacial score (nSPS) is 13.6. The summed E-state index contributed by atoms with van der Waals surface area (Å²) in [6, 6.07) is 18.5. The van der Waals surface area contributed by atoms with Crippen LogP contribution in [0, 0.1) is 0 Å². The van der Waals surface area contributed by atoms with Gasteiger partial charge in [-0.05, 0) is 17.5 Å². The van der Waals surface area contributed by atoms with E-state index in [1.165, 1.54) is 6.92 Å². The fourth-order valence-corrected chi connectivity index (χ4v) is 3.78. The number of hydrogen-bond acceptors (Lipinski definition) is 7. The Labute approximate surface area is 171 Å². The molecule has 0 saturated heterocycles. The zero-order chi connectivity index (χ0) is 21.1. The summed E-state index contributed by atoms with van der Waals surface area (Å²) in [5, 5.41) is 0. The first kappa shape index (κ1) is 23.3. The third kappa shape index (κ3) is 8.90. The van der Waals surface area contributed by atoms with E-state index in [1.807, 2.05) is 67.6 Å². The molecule has 0 aliphatic carbocycles. The number of rotatable bonds is 12. The minimum atomic E-state index is -3.97. The molecule has 2 atom stereocenters. The molecule has 0 radical (unpaired) electrons. The number of esters is 1. The van der Waals surface area contributed by atoms with Crippen molar-refractivity contribution < 1.29 is 27.7 Å². The standard InChI is InChI=1S/C21H28NO6P/c1-3-20(27-17(2)23)14-21(22)28-29(24,25-15-18-10-6-4-7-11-18)26-16-19-12-8-5-9-13-19/h4-13,20-21H,3,14-16,22H2,1-2H3/t20-,21?/m0/s1. The molecule has 0 aliphatic heterocycles. The molecule has 0 bridgehead atoms. The summed E-state index contributed by atoms with van der Waals surface area (Å²) in [7, 11) is -3.97. The maximum atomic E-state index is 13.2. The van der Waals surface area contributed by atoms with Gasteiger partial charge < -0.3 is 10.5 Å². The van der Waals surface area contributed by atoms with Gasteiger partial charge in [0.05, 0.1) is 13.2 Å². The Morgan fingerprint density at radius 1 is 0.966 bits per heavy atom. The quantitative estimate of drug-likeness (QED) is 0.305. The second-order valence-electron chi connectivity index (χ2n) is 6.48. The lowest BCUT2D eigenvalue weighted by atomic mass is 10.2. The molecule has 7 nitrogen and oxygen atoms in total. The predicted molar refractivity (Wildman–Crippen MR) is 110 cm³/mol. The Balaban J connectivity index is 2.03. The first-order valence-corrected chi connectivity index (χ1v) is 10.9. The molecule has 2 aromatic rings. The lowest BCUT2D eigenvalue weighted by Gasteiger charge is -2.24. The highest BCUT2D eigenvalue weighted by atomic mass is 31.2. The summed E-state index contributed by atoms with van der Waals surface area (Å²) in [4.78, 5) is 11.2. The molecular formula is C21H28NO6P. The number of nitrogens with two attached hydrogens (primary N) is 1. The van der Waals surface area contributed by atoms with Crippen LogP contribution in [0.25, 0.3) is 0 Å². The van der Waals surface area contributed by atoms with Crippen molar-refractivity contribution in [3.63, 3.8) is 0 Å². The van der Waals surface area contributed by atoms with Crippen LogP contribution in [0.1, 0.15) is 37.8 Å². The second kappa shape index (κ2) is 11.9. The highest BCUT2D eigenvalue weighted by Gasteiger charge is 2.31. The molecule has 0 aliphatic rings. The van der Waals surface area contributed by atoms with Crippen molar-refractivity contribution in [3.8, 4) is 0 Å². The van der Waals surface area contributed by atoms with Gasteiger partial charge in [-0.3, -0.25) is 18.4 Å². The van der Waals surface area contributed by atoms with E-state index in [-0.39, 0.29) is 19.6 Å². The molecule has 2 aromatic carbocycles. The Hall–Kier alpha value is -2.02. The van der Waals surface area contributed by atoms with Gasteiger partial charge in [0, 0.05) is 13.3 Å². The average Bonchev–Trinajstić information content (AvgIpc) is 2.71. The fraction of sp³-hybridized carbons (Fsp3) is 0.381. The van der Waals surface area contributed by atoms with Crippen molar-refractivity contribution in [2.45, 2.75) is 52.2 Å². The number of hydrogen-bond donors (Lipinski definition) is 1. The number of phosphoric ester groups is 1. The first-order chi connectivity index (χ1) is 13.9. The van der Waals surface area contributed by atoms with Gasteiger partial charge >= 0.3 is 13.8 Å². The summed E-state index contributed by atoms with van der Waals surface area (Å²) < 4.78 is 34.9. The molecule has 0 amide bonds. The van der Waals surface area contributed by atoms with E-state index in [9.17, 15) is 9.36 Å². The summed E-state index contributed by atoms with van der Waals surface area (Å²) in [5.41, 5.74) is 7.64. The summed E-state index contributed by atoms with van der Waals surface area (Å²) in [6.45, 7) is 3.27. The predicted octanol–water partition coefficient (Wildman–Crippen LogP) is 4.56. The van der Waals surface area contributed by atoms with E-state index in [0.717, 1.165) is 11.1 Å². The molecule has 8 heteroatoms. The summed E-state index contributed by atoms with van der Waals surface area (Å²) in [5.74, 6) is -0.409. The van der Waals surface area contributed by atoms with E-state index in [1.54, 1.807) is 0 Å². The SMILES string of the molecule is CC[C@@H](CC(N)OP(=O)(OCc1ccccc1)OCc1ccccc1)OC(C)=O. The van der Waals surface area contributed by atoms with Gasteiger partial charge in [0.15, 0.2) is 0 Å². The average molecular weight is 421 g/mol. The Morgan fingerprint density at radius 3 is 1.86 bits per heavy atom. The van der Waals surface area contributed by atoms with Gasteiger partial charge in [0.1, 0.15) is 12.3 Å². The number of benzene rings is 2. The van der Waals surface area contributed by atoms with Crippen LogP contribution in [0.15, 0.2) is 60.7 Å². The van der Waals surface area contributed by atoms with Gasteiger partial charge in [-0.15, -0.1) is 0 Å². The van der Waals surface area contributed by atoms with Gasteiger partial charge in [0.2, 0.25) is 0 Å².